The third-order valence-electron chi connectivity index (χ3n) is 2.79. The number of hydrogen-bond donors (Lipinski definition) is 2. The molecular formula is C13H20BrNO. The van der Waals surface area contributed by atoms with E-state index in [1.165, 1.54) is 0 Å². The lowest BCUT2D eigenvalue weighted by atomic mass is 9.86. The summed E-state index contributed by atoms with van der Waals surface area (Å²) in [5.41, 5.74) is 8.34. The van der Waals surface area contributed by atoms with Crippen LogP contribution in [0.3, 0.4) is 0 Å². The molecule has 3 heteroatoms. The van der Waals surface area contributed by atoms with Crippen molar-refractivity contribution in [2.45, 2.75) is 46.1 Å². The van der Waals surface area contributed by atoms with Crippen molar-refractivity contribution >= 4 is 15.9 Å². The molecule has 2 nitrogen and oxygen atoms in total. The van der Waals surface area contributed by atoms with E-state index in [0.29, 0.717) is 5.75 Å². The molecule has 0 radical (unpaired) electrons. The second kappa shape index (κ2) is 4.38. The Morgan fingerprint density at radius 3 is 2.25 bits per heavy atom. The highest BCUT2D eigenvalue weighted by Gasteiger charge is 2.25. The first-order valence-corrected chi connectivity index (χ1v) is 6.26. The van der Waals surface area contributed by atoms with E-state index in [0.717, 1.165) is 21.2 Å². The first-order chi connectivity index (χ1) is 7.16. The molecule has 0 amide bonds. The minimum absolute atomic E-state index is 0.276. The molecule has 90 valence electrons. The van der Waals surface area contributed by atoms with Gasteiger partial charge in [0.25, 0.3) is 0 Å². The fourth-order valence-electron chi connectivity index (χ4n) is 1.98. The third kappa shape index (κ3) is 2.41. The molecule has 0 unspecified atom stereocenters. The van der Waals surface area contributed by atoms with Gasteiger partial charge in [0.1, 0.15) is 5.75 Å². The number of aromatic hydroxyl groups is 1. The average Bonchev–Trinajstić information content (AvgIpc) is 2.08. The van der Waals surface area contributed by atoms with Gasteiger partial charge in [0, 0.05) is 15.6 Å². The van der Waals surface area contributed by atoms with Crippen LogP contribution in [0.5, 0.6) is 5.75 Å². The van der Waals surface area contributed by atoms with E-state index in [-0.39, 0.29) is 5.92 Å². The lowest BCUT2D eigenvalue weighted by Crippen LogP contribution is -2.30. The minimum atomic E-state index is -0.540. The van der Waals surface area contributed by atoms with Crippen LogP contribution in [0.15, 0.2) is 10.5 Å². The molecule has 1 aromatic rings. The molecule has 0 atom stereocenters. The summed E-state index contributed by atoms with van der Waals surface area (Å²) in [4.78, 5) is 0. The summed E-state index contributed by atoms with van der Waals surface area (Å²) < 4.78 is 1.00. The van der Waals surface area contributed by atoms with Crippen molar-refractivity contribution in [3.8, 4) is 5.75 Å². The van der Waals surface area contributed by atoms with Crippen molar-refractivity contribution in [1.29, 1.82) is 0 Å². The Morgan fingerprint density at radius 1 is 1.38 bits per heavy atom. The van der Waals surface area contributed by atoms with E-state index in [2.05, 4.69) is 29.8 Å². The molecule has 0 aliphatic heterocycles. The van der Waals surface area contributed by atoms with Crippen molar-refractivity contribution in [2.75, 3.05) is 0 Å². The van der Waals surface area contributed by atoms with Crippen LogP contribution < -0.4 is 5.73 Å². The molecule has 0 aliphatic carbocycles. The van der Waals surface area contributed by atoms with Crippen molar-refractivity contribution in [2.24, 2.45) is 5.73 Å². The Labute approximate surface area is 106 Å². The summed E-state index contributed by atoms with van der Waals surface area (Å²) in [5, 5.41) is 10.3. The number of benzene rings is 1. The highest BCUT2D eigenvalue weighted by Crippen LogP contribution is 2.40. The minimum Gasteiger partial charge on any atom is -0.507 e. The van der Waals surface area contributed by atoms with Crippen LogP contribution in [-0.2, 0) is 5.54 Å². The molecule has 1 rings (SSSR count). The molecule has 0 saturated carbocycles. The van der Waals surface area contributed by atoms with Crippen LogP contribution in [0.25, 0.3) is 0 Å². The molecule has 0 bridgehead atoms. The van der Waals surface area contributed by atoms with Crippen LogP contribution >= 0.6 is 15.9 Å². The molecule has 0 aromatic heterocycles. The van der Waals surface area contributed by atoms with Crippen molar-refractivity contribution < 1.29 is 5.11 Å². The van der Waals surface area contributed by atoms with Gasteiger partial charge in [-0.3, -0.25) is 0 Å². The van der Waals surface area contributed by atoms with Gasteiger partial charge in [0.05, 0.1) is 0 Å². The predicted molar refractivity (Wildman–Crippen MR) is 71.8 cm³/mol. The van der Waals surface area contributed by atoms with Gasteiger partial charge in [-0.05, 0) is 43.9 Å². The van der Waals surface area contributed by atoms with Crippen LogP contribution in [0, 0.1) is 6.92 Å². The van der Waals surface area contributed by atoms with Crippen LogP contribution in [0.4, 0.5) is 0 Å². The number of nitrogens with two attached hydrogens (primary N) is 1. The van der Waals surface area contributed by atoms with Crippen molar-refractivity contribution in [3.05, 3.63) is 27.2 Å². The molecule has 0 saturated heterocycles. The van der Waals surface area contributed by atoms with Crippen LogP contribution in [0.2, 0.25) is 0 Å². The zero-order chi connectivity index (χ0) is 12.7. The summed E-state index contributed by atoms with van der Waals surface area (Å²) >= 11 is 3.53. The van der Waals surface area contributed by atoms with E-state index in [1.54, 1.807) is 0 Å². The van der Waals surface area contributed by atoms with Crippen LogP contribution in [-0.4, -0.2) is 5.11 Å². The first kappa shape index (κ1) is 13.5. The van der Waals surface area contributed by atoms with E-state index in [9.17, 15) is 5.11 Å². The number of halogens is 1. The van der Waals surface area contributed by atoms with E-state index in [4.69, 9.17) is 5.73 Å². The van der Waals surface area contributed by atoms with Gasteiger partial charge in [-0.15, -0.1) is 0 Å². The van der Waals surface area contributed by atoms with Crippen LogP contribution in [0.1, 0.15) is 50.3 Å². The number of phenolic OH excluding ortho intramolecular Hbond substituents is 1. The standard InChI is InChI=1S/C13H20BrNO/c1-7(2)9-6-10(14)8(3)11(12(9)16)13(4,5)15/h6-7,16H,15H2,1-5H3. The first-order valence-electron chi connectivity index (χ1n) is 5.47. The second-order valence-corrected chi connectivity index (χ2v) is 6.03. The molecular weight excluding hydrogens is 266 g/mol. The fourth-order valence-corrected chi connectivity index (χ4v) is 2.43. The van der Waals surface area contributed by atoms with Crippen molar-refractivity contribution in [1.82, 2.24) is 0 Å². The molecule has 0 fully saturated rings. The van der Waals surface area contributed by atoms with Gasteiger partial charge < -0.3 is 10.8 Å². The summed E-state index contributed by atoms with van der Waals surface area (Å²) in [6.07, 6.45) is 0. The summed E-state index contributed by atoms with van der Waals surface area (Å²) in [5.74, 6) is 0.612. The van der Waals surface area contributed by atoms with Crippen molar-refractivity contribution in [3.63, 3.8) is 0 Å². The molecule has 16 heavy (non-hydrogen) atoms. The zero-order valence-electron chi connectivity index (χ0n) is 10.6. The number of rotatable bonds is 2. The molecule has 1 aromatic carbocycles. The third-order valence-corrected chi connectivity index (χ3v) is 3.62. The zero-order valence-corrected chi connectivity index (χ0v) is 12.1. The smallest absolute Gasteiger partial charge is 0.124 e. The monoisotopic (exact) mass is 285 g/mol. The number of phenols is 1. The second-order valence-electron chi connectivity index (χ2n) is 5.17. The maximum Gasteiger partial charge on any atom is 0.124 e. The van der Waals surface area contributed by atoms with E-state index in [1.807, 2.05) is 26.8 Å². The largest absolute Gasteiger partial charge is 0.507 e. The van der Waals surface area contributed by atoms with Gasteiger partial charge in [-0.25, -0.2) is 0 Å². The highest BCUT2D eigenvalue weighted by atomic mass is 79.9. The Bertz CT molecular complexity index is 405. The van der Waals surface area contributed by atoms with Gasteiger partial charge in [-0.2, -0.15) is 0 Å². The van der Waals surface area contributed by atoms with Gasteiger partial charge >= 0.3 is 0 Å². The number of hydrogen-bond acceptors (Lipinski definition) is 2. The molecule has 0 heterocycles. The Morgan fingerprint density at radius 2 is 1.88 bits per heavy atom. The Kier molecular flexibility index (Phi) is 3.70. The van der Waals surface area contributed by atoms with E-state index < -0.39 is 5.54 Å². The van der Waals surface area contributed by atoms with E-state index >= 15 is 0 Å². The molecule has 0 spiro atoms. The van der Waals surface area contributed by atoms with Gasteiger partial charge in [-0.1, -0.05) is 29.8 Å². The summed E-state index contributed by atoms with van der Waals surface area (Å²) in [6, 6.07) is 1.98. The maximum atomic E-state index is 10.3. The fraction of sp³-hybridized carbons (Fsp3) is 0.538. The normalized spacial score (nSPS) is 12.2. The van der Waals surface area contributed by atoms with Gasteiger partial charge in [0.15, 0.2) is 0 Å². The lowest BCUT2D eigenvalue weighted by molar-refractivity contribution is 0.430. The maximum absolute atomic E-state index is 10.3. The molecule has 0 aliphatic rings. The predicted octanol–water partition coefficient (Wildman–Crippen LogP) is 3.78. The highest BCUT2D eigenvalue weighted by molar-refractivity contribution is 9.10. The average molecular weight is 286 g/mol. The Hall–Kier alpha value is -0.540. The van der Waals surface area contributed by atoms with Gasteiger partial charge in [0.2, 0.25) is 0 Å². The lowest BCUT2D eigenvalue weighted by Gasteiger charge is -2.26. The SMILES string of the molecule is Cc1c(Br)cc(C(C)C)c(O)c1C(C)(C)N. The molecule has 3 N–H and O–H groups in total. The quantitative estimate of drug-likeness (QED) is 0.869. The summed E-state index contributed by atoms with van der Waals surface area (Å²) in [6.45, 7) is 9.91. The summed E-state index contributed by atoms with van der Waals surface area (Å²) in [7, 11) is 0. The Balaban J connectivity index is 3.59. The topological polar surface area (TPSA) is 46.2 Å².